The molecule has 56 heavy (non-hydrogen) atoms. The van der Waals surface area contributed by atoms with Crippen molar-refractivity contribution >= 4 is 70.1 Å². The maximum Gasteiger partial charge on any atom is 0.352 e. The van der Waals surface area contributed by atoms with Crippen molar-refractivity contribution in [2.24, 2.45) is 0 Å². The zero-order valence-electron chi connectivity index (χ0n) is 28.4. The van der Waals surface area contributed by atoms with E-state index in [0.717, 1.165) is 52.3 Å². The van der Waals surface area contributed by atoms with Crippen molar-refractivity contribution in [2.75, 3.05) is 25.2 Å². The number of methoxy groups -OCH3 is 1. The normalized spacial score (nSPS) is 18.1. The molecule has 0 aliphatic carbocycles. The Balaban J connectivity index is 1.28. The molecule has 2 aliphatic rings. The van der Waals surface area contributed by atoms with Gasteiger partial charge in [-0.2, -0.15) is 0 Å². The number of carbonyl (C=O) groups excluding carboxylic acids is 3. The lowest BCUT2D eigenvalue weighted by molar-refractivity contribution is -0.192. The van der Waals surface area contributed by atoms with E-state index in [2.05, 4.69) is 26.2 Å². The Kier molecular flexibility index (Phi) is 10.9. The number of carbonyl (C=O) groups is 6. The van der Waals surface area contributed by atoms with Crippen molar-refractivity contribution in [3.63, 3.8) is 0 Å². The molecule has 292 valence electrons. The Hall–Kier alpha value is -6.66. The van der Waals surface area contributed by atoms with Crippen LogP contribution in [0.15, 0.2) is 68.3 Å². The molecule has 24 heteroatoms. The average molecular weight is 814 g/mol. The van der Waals surface area contributed by atoms with E-state index in [0.29, 0.717) is 6.26 Å². The maximum atomic E-state index is 14.1. The number of hydrogen-bond acceptors (Lipinski definition) is 17. The number of carboxylic acids is 3. The van der Waals surface area contributed by atoms with E-state index in [1.54, 1.807) is 0 Å². The molecule has 1 fully saturated rings. The summed E-state index contributed by atoms with van der Waals surface area (Å²) in [5, 5.41) is 62.5. The van der Waals surface area contributed by atoms with E-state index in [1.165, 1.54) is 24.3 Å². The van der Waals surface area contributed by atoms with Gasteiger partial charge in [0.15, 0.2) is 17.9 Å². The lowest BCUT2D eigenvalue weighted by Gasteiger charge is -2.56. The van der Waals surface area contributed by atoms with Crippen LogP contribution in [0.1, 0.15) is 22.0 Å². The number of amides is 3. The highest BCUT2D eigenvalue weighted by atomic mass is 32.2. The smallest absolute Gasteiger partial charge is 0.352 e. The zero-order chi connectivity index (χ0) is 40.5. The summed E-state index contributed by atoms with van der Waals surface area (Å²) in [5.74, 6) is -8.44. The number of aromatic nitrogens is 4. The van der Waals surface area contributed by atoms with E-state index in [9.17, 15) is 48.9 Å². The summed E-state index contributed by atoms with van der Waals surface area (Å²) in [7, 11) is 1.10. The van der Waals surface area contributed by atoms with Crippen LogP contribution in [0, 0.1) is 0 Å². The topological polar surface area (TPSA) is 323 Å². The van der Waals surface area contributed by atoms with Crippen molar-refractivity contribution in [3.8, 4) is 17.2 Å². The fourth-order valence-electron chi connectivity index (χ4n) is 5.73. The number of aliphatic carboxylic acids is 3. The van der Waals surface area contributed by atoms with E-state index in [-0.39, 0.29) is 38.9 Å². The number of hydrogen-bond donors (Lipinski definition) is 7. The molecular formula is C32H27N7O15S2. The first-order chi connectivity index (χ1) is 26.7. The summed E-state index contributed by atoms with van der Waals surface area (Å²) in [5.41, 5.74) is -4.23. The Morgan fingerprint density at radius 1 is 1.07 bits per heavy atom. The van der Waals surface area contributed by atoms with Gasteiger partial charge in [0.05, 0.1) is 5.39 Å². The van der Waals surface area contributed by atoms with Gasteiger partial charge in [0.2, 0.25) is 22.2 Å². The third-order valence-electron chi connectivity index (χ3n) is 8.36. The van der Waals surface area contributed by atoms with Crippen LogP contribution in [0.5, 0.6) is 17.2 Å². The predicted octanol–water partition coefficient (Wildman–Crippen LogP) is -0.285. The number of carboxylic acid groups (broad SMARTS) is 3. The van der Waals surface area contributed by atoms with Crippen molar-refractivity contribution in [1.82, 2.24) is 35.7 Å². The van der Waals surface area contributed by atoms with Gasteiger partial charge in [0, 0.05) is 18.6 Å². The van der Waals surface area contributed by atoms with Crippen LogP contribution in [-0.2, 0) is 35.3 Å². The number of nitrogens with zero attached hydrogens (tertiary/aromatic N) is 5. The SMILES string of the molecule is CO[C@@]1(NC(=O)C(NC(=O)c2coc3c(O)c(O)ccc3c2=O)c2ccc(OCC(=O)O)cc2)C(=O)N2C(C(=O)O)=C(CSc3nnnn3CC(=O)O)CS[C@@H]21. The highest BCUT2D eigenvalue weighted by molar-refractivity contribution is 8.01. The number of phenols is 2. The second kappa shape index (κ2) is 15.6. The third-order valence-corrected chi connectivity index (χ3v) is 10.8. The van der Waals surface area contributed by atoms with Gasteiger partial charge in [0.1, 0.15) is 41.2 Å². The van der Waals surface area contributed by atoms with Crippen molar-refractivity contribution in [2.45, 2.75) is 28.8 Å². The first-order valence-electron chi connectivity index (χ1n) is 15.8. The largest absolute Gasteiger partial charge is 0.504 e. The summed E-state index contributed by atoms with van der Waals surface area (Å²) in [4.78, 5) is 90.5. The standard InChI is InChI=1S/C32H27N7O15S2/c1-52-32(29(51)39-22(28(49)50)14(11-55-30(32)39)12-56-31-35-36-37-38(31)8-19(41)42)34-27(48)21(13-2-4-15(5-3-13)53-10-20(43)44)33-26(47)17-9-54-25-16(23(17)45)6-7-18(40)24(25)46/h2-7,9,21,30,40,46H,8,10-12H2,1H3,(H,33,47)(H,34,48)(H,41,42)(H,43,44)(H,49,50)/t21?,30-,32+/m1/s1. The van der Waals surface area contributed by atoms with Gasteiger partial charge < -0.3 is 50.1 Å². The van der Waals surface area contributed by atoms with Crippen LogP contribution in [0.25, 0.3) is 11.0 Å². The van der Waals surface area contributed by atoms with Crippen LogP contribution in [-0.4, -0.2) is 123 Å². The molecule has 3 atom stereocenters. The monoisotopic (exact) mass is 813 g/mol. The van der Waals surface area contributed by atoms with Gasteiger partial charge in [-0.1, -0.05) is 23.9 Å². The summed E-state index contributed by atoms with van der Waals surface area (Å²) in [6.07, 6.45) is 0.710. The average Bonchev–Trinajstić information content (AvgIpc) is 3.61. The van der Waals surface area contributed by atoms with Gasteiger partial charge in [-0.3, -0.25) is 28.9 Å². The van der Waals surface area contributed by atoms with Crippen molar-refractivity contribution in [3.05, 3.63) is 75.3 Å². The zero-order valence-corrected chi connectivity index (χ0v) is 30.0. The van der Waals surface area contributed by atoms with Gasteiger partial charge in [-0.15, -0.1) is 16.9 Å². The highest BCUT2D eigenvalue weighted by Crippen LogP contribution is 2.47. The van der Waals surface area contributed by atoms with Crippen LogP contribution in [0.3, 0.4) is 0 Å². The van der Waals surface area contributed by atoms with Crippen LogP contribution < -0.4 is 20.8 Å². The number of tetrazole rings is 1. The summed E-state index contributed by atoms with van der Waals surface area (Å²) in [6.45, 7) is -1.23. The molecule has 3 amide bonds. The predicted molar refractivity (Wildman–Crippen MR) is 187 cm³/mol. The van der Waals surface area contributed by atoms with Crippen LogP contribution in [0.4, 0.5) is 0 Å². The van der Waals surface area contributed by atoms with Crippen molar-refractivity contribution in [1.29, 1.82) is 0 Å². The van der Waals surface area contributed by atoms with E-state index in [1.807, 2.05) is 0 Å². The number of aromatic hydroxyl groups is 2. The summed E-state index contributed by atoms with van der Waals surface area (Å²) in [6, 6.07) is 5.62. The van der Waals surface area contributed by atoms with Gasteiger partial charge in [0.25, 0.3) is 17.5 Å². The van der Waals surface area contributed by atoms with E-state index < -0.39 is 99.7 Å². The molecular weight excluding hydrogens is 787 g/mol. The second-order valence-corrected chi connectivity index (χ2v) is 13.8. The van der Waals surface area contributed by atoms with Gasteiger partial charge in [-0.25, -0.2) is 14.3 Å². The Labute approximate surface area is 320 Å². The Morgan fingerprint density at radius 3 is 2.46 bits per heavy atom. The first-order valence-corrected chi connectivity index (χ1v) is 17.8. The Bertz CT molecular complexity index is 2380. The molecule has 22 nitrogen and oxygen atoms in total. The molecule has 2 aliphatic heterocycles. The fraction of sp³-hybridized carbons (Fsp3) is 0.250. The molecule has 7 N–H and O–H groups in total. The third kappa shape index (κ3) is 7.26. The number of fused-ring (bicyclic) bond motifs is 2. The lowest BCUT2D eigenvalue weighted by atomic mass is 9.96. The van der Waals surface area contributed by atoms with E-state index >= 15 is 0 Å². The minimum Gasteiger partial charge on any atom is -0.504 e. The quantitative estimate of drug-likeness (QED) is 0.0351. The highest BCUT2D eigenvalue weighted by Gasteiger charge is 2.67. The fourth-order valence-corrected chi connectivity index (χ4v) is 8.19. The van der Waals surface area contributed by atoms with E-state index in [4.69, 9.17) is 24.1 Å². The number of nitrogens with one attached hydrogen (secondary N) is 2. The number of ether oxygens (including phenoxy) is 2. The lowest BCUT2D eigenvalue weighted by Crippen LogP contribution is -2.81. The molecule has 1 saturated heterocycles. The number of rotatable bonds is 15. The van der Waals surface area contributed by atoms with Crippen LogP contribution in [0.2, 0.25) is 0 Å². The minimum absolute atomic E-state index is 0.00754. The molecule has 6 rings (SSSR count). The summed E-state index contributed by atoms with van der Waals surface area (Å²) < 4.78 is 17.0. The van der Waals surface area contributed by atoms with Crippen LogP contribution >= 0.6 is 23.5 Å². The van der Waals surface area contributed by atoms with Gasteiger partial charge >= 0.3 is 17.9 Å². The second-order valence-electron chi connectivity index (χ2n) is 11.8. The van der Waals surface area contributed by atoms with Gasteiger partial charge in [-0.05, 0) is 45.8 Å². The first kappa shape index (κ1) is 39.0. The molecule has 2 aromatic heterocycles. The number of benzene rings is 2. The molecule has 0 bridgehead atoms. The molecule has 0 radical (unpaired) electrons. The van der Waals surface area contributed by atoms with Crippen molar-refractivity contribution < 1.29 is 68.2 Å². The summed E-state index contributed by atoms with van der Waals surface area (Å²) >= 11 is 1.98. The number of phenolic OH excluding ortho intramolecular Hbond substituents is 2. The molecule has 2 aromatic carbocycles. The molecule has 1 unspecified atom stereocenters. The molecule has 4 aromatic rings. The molecule has 0 saturated carbocycles. The molecule has 4 heterocycles. The minimum atomic E-state index is -2.16. The maximum absolute atomic E-state index is 14.1. The number of thioether (sulfide) groups is 2. The molecule has 0 spiro atoms. The Morgan fingerprint density at radius 2 is 1.80 bits per heavy atom. The number of β-lactam (4-membered cyclic amide) rings is 1.